The van der Waals surface area contributed by atoms with Gasteiger partial charge < -0.3 is 15.8 Å². The van der Waals surface area contributed by atoms with Gasteiger partial charge in [0.1, 0.15) is 5.75 Å². The number of nitrogens with two attached hydrogens (primary N) is 1. The quantitative estimate of drug-likeness (QED) is 0.718. The van der Waals surface area contributed by atoms with E-state index in [4.69, 9.17) is 10.5 Å². The molecule has 3 N–H and O–H groups in total. The van der Waals surface area contributed by atoms with Crippen LogP contribution in [0.4, 0.5) is 11.4 Å². The first kappa shape index (κ1) is 16.6. The van der Waals surface area contributed by atoms with Gasteiger partial charge in [0.25, 0.3) is 0 Å². The molecular weight excluding hydrogens is 250 g/mol. The van der Waals surface area contributed by atoms with Crippen molar-refractivity contribution in [3.8, 4) is 5.75 Å². The second kappa shape index (κ2) is 8.00. The summed E-state index contributed by atoms with van der Waals surface area (Å²) in [5.74, 6) is 0.752. The lowest BCUT2D eigenvalue weighted by atomic mass is 10.2. The topological polar surface area (TPSA) is 50.5 Å². The molecule has 0 aliphatic rings. The summed E-state index contributed by atoms with van der Waals surface area (Å²) >= 11 is 0. The summed E-state index contributed by atoms with van der Waals surface area (Å²) in [6, 6.07) is 6.95. The molecule has 0 aliphatic heterocycles. The smallest absolute Gasteiger partial charge is 0.144 e. The van der Waals surface area contributed by atoms with Gasteiger partial charge in [0.2, 0.25) is 0 Å². The minimum absolute atomic E-state index is 0.545. The van der Waals surface area contributed by atoms with Crippen LogP contribution in [0.3, 0.4) is 0 Å². The Balaban J connectivity index is 2.59. The molecule has 1 aromatic rings. The first-order chi connectivity index (χ1) is 9.47. The van der Waals surface area contributed by atoms with Crippen molar-refractivity contribution in [1.29, 1.82) is 0 Å². The molecule has 1 aromatic carbocycles. The SMILES string of the molecule is CCOc1cccc(NCCN(C(C)C)C(C)C)c1N. The summed E-state index contributed by atoms with van der Waals surface area (Å²) in [5, 5.41) is 3.41. The lowest BCUT2D eigenvalue weighted by molar-refractivity contribution is 0.182. The largest absolute Gasteiger partial charge is 0.492 e. The highest BCUT2D eigenvalue weighted by Gasteiger charge is 2.13. The molecule has 0 spiro atoms. The highest BCUT2D eigenvalue weighted by molar-refractivity contribution is 5.72. The normalized spacial score (nSPS) is 11.4. The Labute approximate surface area is 123 Å². The predicted molar refractivity (Wildman–Crippen MR) is 87.5 cm³/mol. The van der Waals surface area contributed by atoms with Crippen LogP contribution in [0.1, 0.15) is 34.6 Å². The highest BCUT2D eigenvalue weighted by Crippen LogP contribution is 2.29. The van der Waals surface area contributed by atoms with Crippen LogP contribution >= 0.6 is 0 Å². The Hall–Kier alpha value is -1.42. The predicted octanol–water partition coefficient (Wildman–Crippen LogP) is 3.20. The average molecular weight is 279 g/mol. The van der Waals surface area contributed by atoms with Gasteiger partial charge in [0.05, 0.1) is 18.0 Å². The molecule has 0 saturated carbocycles. The number of nitrogen functional groups attached to an aromatic ring is 1. The van der Waals surface area contributed by atoms with Crippen molar-refractivity contribution in [2.75, 3.05) is 30.7 Å². The van der Waals surface area contributed by atoms with E-state index in [9.17, 15) is 0 Å². The van der Waals surface area contributed by atoms with Gasteiger partial charge in [0, 0.05) is 25.2 Å². The third-order valence-corrected chi connectivity index (χ3v) is 3.38. The van der Waals surface area contributed by atoms with Crippen LogP contribution in [0.5, 0.6) is 5.75 Å². The van der Waals surface area contributed by atoms with Crippen molar-refractivity contribution in [2.45, 2.75) is 46.7 Å². The maximum atomic E-state index is 6.10. The van der Waals surface area contributed by atoms with Crippen LogP contribution < -0.4 is 15.8 Å². The number of ether oxygens (including phenoxy) is 1. The minimum atomic E-state index is 0.545. The Morgan fingerprint density at radius 1 is 1.20 bits per heavy atom. The summed E-state index contributed by atoms with van der Waals surface area (Å²) in [5.41, 5.74) is 7.74. The first-order valence-electron chi connectivity index (χ1n) is 7.48. The maximum absolute atomic E-state index is 6.10. The van der Waals surface area contributed by atoms with E-state index in [2.05, 4.69) is 37.9 Å². The molecule has 4 heteroatoms. The lowest BCUT2D eigenvalue weighted by Crippen LogP contribution is -2.40. The van der Waals surface area contributed by atoms with Crippen LogP contribution in [0.15, 0.2) is 18.2 Å². The fourth-order valence-electron chi connectivity index (χ4n) is 2.41. The average Bonchev–Trinajstić information content (AvgIpc) is 2.38. The third-order valence-electron chi connectivity index (χ3n) is 3.38. The molecule has 0 atom stereocenters. The van der Waals surface area contributed by atoms with Gasteiger partial charge in [-0.05, 0) is 46.8 Å². The monoisotopic (exact) mass is 279 g/mol. The first-order valence-corrected chi connectivity index (χ1v) is 7.48. The molecule has 114 valence electrons. The lowest BCUT2D eigenvalue weighted by Gasteiger charge is -2.30. The zero-order valence-electron chi connectivity index (χ0n) is 13.4. The zero-order valence-corrected chi connectivity index (χ0v) is 13.4. The zero-order chi connectivity index (χ0) is 15.1. The molecule has 0 radical (unpaired) electrons. The van der Waals surface area contributed by atoms with E-state index in [0.717, 1.165) is 24.5 Å². The fourth-order valence-corrected chi connectivity index (χ4v) is 2.41. The number of nitrogens with zero attached hydrogens (tertiary/aromatic N) is 1. The molecule has 0 heterocycles. The van der Waals surface area contributed by atoms with Crippen LogP contribution in [-0.2, 0) is 0 Å². The molecule has 0 aliphatic carbocycles. The highest BCUT2D eigenvalue weighted by atomic mass is 16.5. The minimum Gasteiger partial charge on any atom is -0.492 e. The van der Waals surface area contributed by atoms with Gasteiger partial charge in [0.15, 0.2) is 0 Å². The van der Waals surface area contributed by atoms with Crippen molar-refractivity contribution < 1.29 is 4.74 Å². The molecule has 1 rings (SSSR count). The Morgan fingerprint density at radius 3 is 2.40 bits per heavy atom. The maximum Gasteiger partial charge on any atom is 0.144 e. The van der Waals surface area contributed by atoms with Gasteiger partial charge in [-0.2, -0.15) is 0 Å². The van der Waals surface area contributed by atoms with E-state index >= 15 is 0 Å². The number of benzene rings is 1. The van der Waals surface area contributed by atoms with Crippen molar-refractivity contribution in [3.63, 3.8) is 0 Å². The summed E-state index contributed by atoms with van der Waals surface area (Å²) in [6.45, 7) is 13.4. The van der Waals surface area contributed by atoms with Crippen LogP contribution in [0.25, 0.3) is 0 Å². The van der Waals surface area contributed by atoms with E-state index in [1.807, 2.05) is 25.1 Å². The number of hydrogen-bond donors (Lipinski definition) is 2. The second-order valence-corrected chi connectivity index (χ2v) is 5.50. The van der Waals surface area contributed by atoms with E-state index < -0.39 is 0 Å². The van der Waals surface area contributed by atoms with E-state index in [1.165, 1.54) is 0 Å². The van der Waals surface area contributed by atoms with E-state index in [0.29, 0.717) is 24.4 Å². The van der Waals surface area contributed by atoms with E-state index in [-0.39, 0.29) is 0 Å². The summed E-state index contributed by atoms with van der Waals surface area (Å²) in [7, 11) is 0. The molecular formula is C16H29N3O. The molecule has 0 fully saturated rings. The summed E-state index contributed by atoms with van der Waals surface area (Å²) in [4.78, 5) is 2.45. The van der Waals surface area contributed by atoms with Crippen molar-refractivity contribution >= 4 is 11.4 Å². The number of nitrogens with one attached hydrogen (secondary N) is 1. The van der Waals surface area contributed by atoms with E-state index in [1.54, 1.807) is 0 Å². The van der Waals surface area contributed by atoms with Gasteiger partial charge in [-0.1, -0.05) is 6.07 Å². The summed E-state index contributed by atoms with van der Waals surface area (Å²) in [6.07, 6.45) is 0. The molecule has 20 heavy (non-hydrogen) atoms. The van der Waals surface area contributed by atoms with Crippen molar-refractivity contribution in [2.24, 2.45) is 0 Å². The molecule has 0 aromatic heterocycles. The Morgan fingerprint density at radius 2 is 1.85 bits per heavy atom. The van der Waals surface area contributed by atoms with Gasteiger partial charge >= 0.3 is 0 Å². The van der Waals surface area contributed by atoms with Gasteiger partial charge in [-0.15, -0.1) is 0 Å². The second-order valence-electron chi connectivity index (χ2n) is 5.50. The van der Waals surface area contributed by atoms with Gasteiger partial charge in [-0.25, -0.2) is 0 Å². The standard InChI is InChI=1S/C16H29N3O/c1-6-20-15-9-7-8-14(16(15)17)18-10-11-19(12(2)3)13(4)5/h7-9,12-13,18H,6,10-11,17H2,1-5H3. The molecule has 0 unspecified atom stereocenters. The fraction of sp³-hybridized carbons (Fsp3) is 0.625. The molecule has 0 bridgehead atoms. The summed E-state index contributed by atoms with van der Waals surface area (Å²) < 4.78 is 5.51. The molecule has 4 nitrogen and oxygen atoms in total. The molecule has 0 amide bonds. The number of anilines is 2. The Bertz CT molecular complexity index is 397. The van der Waals surface area contributed by atoms with Gasteiger partial charge in [-0.3, -0.25) is 4.90 Å². The van der Waals surface area contributed by atoms with Crippen LogP contribution in [0.2, 0.25) is 0 Å². The Kier molecular flexibility index (Phi) is 6.65. The number of para-hydroxylation sites is 1. The number of rotatable bonds is 8. The third kappa shape index (κ3) is 4.60. The number of hydrogen-bond acceptors (Lipinski definition) is 4. The van der Waals surface area contributed by atoms with Crippen molar-refractivity contribution in [1.82, 2.24) is 4.90 Å². The van der Waals surface area contributed by atoms with Crippen LogP contribution in [0, 0.1) is 0 Å². The van der Waals surface area contributed by atoms with Crippen LogP contribution in [-0.4, -0.2) is 36.7 Å². The van der Waals surface area contributed by atoms with Crippen molar-refractivity contribution in [3.05, 3.63) is 18.2 Å². The molecule has 0 saturated heterocycles.